The van der Waals surface area contributed by atoms with Gasteiger partial charge in [-0.05, 0) is 76.6 Å². The summed E-state index contributed by atoms with van der Waals surface area (Å²) in [5, 5.41) is 13.0. The molecule has 0 amide bonds. The molecule has 0 bridgehead atoms. The van der Waals surface area contributed by atoms with E-state index in [1.807, 2.05) is 0 Å². The highest BCUT2D eigenvalue weighted by atomic mass is 16.5. The fourth-order valence-electron chi connectivity index (χ4n) is 4.33. The zero-order chi connectivity index (χ0) is 17.3. The minimum absolute atomic E-state index is 0.130. The molecular weight excluding hydrogens is 300 g/mol. The highest BCUT2D eigenvalue weighted by molar-refractivity contribution is 5.58. The van der Waals surface area contributed by atoms with Crippen LogP contribution in [0.2, 0.25) is 0 Å². The van der Waals surface area contributed by atoms with Gasteiger partial charge in [-0.2, -0.15) is 5.26 Å². The highest BCUT2D eigenvalue weighted by Crippen LogP contribution is 2.40. The predicted octanol–water partition coefficient (Wildman–Crippen LogP) is 2.98. The van der Waals surface area contributed by atoms with E-state index in [-0.39, 0.29) is 5.60 Å². The first-order valence-electron chi connectivity index (χ1n) is 8.97. The normalized spacial score (nSPS) is 24.5. The van der Waals surface area contributed by atoms with Crippen LogP contribution in [-0.4, -0.2) is 30.3 Å². The Bertz CT molecular complexity index is 656. The number of nitrogen functional groups attached to an aromatic ring is 1. The molecule has 5 heteroatoms. The number of rotatable bonds is 2. The van der Waals surface area contributed by atoms with Crippen LogP contribution in [0.1, 0.15) is 73.8 Å². The molecule has 0 saturated carbocycles. The first kappa shape index (κ1) is 17.2. The molecular formula is C19H28N4O. The summed E-state index contributed by atoms with van der Waals surface area (Å²) in [6.07, 6.45) is 4.02. The van der Waals surface area contributed by atoms with Crippen LogP contribution in [0.5, 0.6) is 0 Å². The van der Waals surface area contributed by atoms with E-state index in [4.69, 9.17) is 10.5 Å². The van der Waals surface area contributed by atoms with Crippen molar-refractivity contribution in [3.63, 3.8) is 0 Å². The van der Waals surface area contributed by atoms with Crippen molar-refractivity contribution < 1.29 is 4.74 Å². The monoisotopic (exact) mass is 328 g/mol. The van der Waals surface area contributed by atoms with Crippen LogP contribution in [0.3, 0.4) is 0 Å². The van der Waals surface area contributed by atoms with Gasteiger partial charge < -0.3 is 15.8 Å². The Morgan fingerprint density at radius 1 is 1.25 bits per heavy atom. The Balaban J connectivity index is 2.05. The fraction of sp³-hybridized carbons (Fsp3) is 0.684. The summed E-state index contributed by atoms with van der Waals surface area (Å²) in [6, 6.07) is 2.32. The molecule has 5 nitrogen and oxygen atoms in total. The standard InChI is InChI=1S/C19H28N4O/c1-12-16(13-4-7-22-8-5-13)15(11-20)18(21)23-17(12)14-6-9-24-19(2,3)10-14/h13-14,22H,4-10H2,1-3H3,(H2,21,23)/t14-/m1/s1. The molecule has 130 valence electrons. The lowest BCUT2D eigenvalue weighted by atomic mass is 9.79. The number of nitriles is 1. The van der Waals surface area contributed by atoms with Crippen molar-refractivity contribution in [1.29, 1.82) is 5.26 Å². The number of nitrogens with zero attached hydrogens (tertiary/aromatic N) is 2. The van der Waals surface area contributed by atoms with E-state index in [0.29, 0.717) is 23.2 Å². The molecule has 3 heterocycles. The Morgan fingerprint density at radius 3 is 2.58 bits per heavy atom. The summed E-state index contributed by atoms with van der Waals surface area (Å²) < 4.78 is 5.86. The van der Waals surface area contributed by atoms with E-state index in [1.54, 1.807) is 0 Å². The van der Waals surface area contributed by atoms with Gasteiger partial charge in [0.05, 0.1) is 11.2 Å². The zero-order valence-corrected chi connectivity index (χ0v) is 15.0. The lowest BCUT2D eigenvalue weighted by molar-refractivity contribution is -0.0598. The predicted molar refractivity (Wildman–Crippen MR) is 95.0 cm³/mol. The van der Waals surface area contributed by atoms with Crippen molar-refractivity contribution in [3.05, 3.63) is 22.4 Å². The molecule has 0 spiro atoms. The molecule has 0 aromatic carbocycles. The number of nitrogens with two attached hydrogens (primary N) is 1. The maximum atomic E-state index is 9.63. The topological polar surface area (TPSA) is 84.0 Å². The average molecular weight is 328 g/mol. The summed E-state index contributed by atoms with van der Waals surface area (Å²) in [6.45, 7) is 9.14. The summed E-state index contributed by atoms with van der Waals surface area (Å²) in [5.41, 5.74) is 10.1. The third-order valence-corrected chi connectivity index (χ3v) is 5.50. The van der Waals surface area contributed by atoms with Gasteiger partial charge in [0.15, 0.2) is 0 Å². The second-order valence-electron chi connectivity index (χ2n) is 7.73. The van der Waals surface area contributed by atoms with Gasteiger partial charge in [0.2, 0.25) is 0 Å². The first-order valence-corrected chi connectivity index (χ1v) is 8.97. The molecule has 2 aliphatic heterocycles. The van der Waals surface area contributed by atoms with Gasteiger partial charge >= 0.3 is 0 Å². The number of pyridine rings is 1. The van der Waals surface area contributed by atoms with Gasteiger partial charge in [-0.1, -0.05) is 0 Å². The number of hydrogen-bond acceptors (Lipinski definition) is 5. The van der Waals surface area contributed by atoms with Gasteiger partial charge in [0, 0.05) is 18.2 Å². The molecule has 3 N–H and O–H groups in total. The minimum atomic E-state index is -0.130. The van der Waals surface area contributed by atoms with Crippen molar-refractivity contribution in [2.45, 2.75) is 63.9 Å². The van der Waals surface area contributed by atoms with Crippen molar-refractivity contribution in [2.75, 3.05) is 25.4 Å². The Kier molecular flexibility index (Phi) is 4.80. The summed E-state index contributed by atoms with van der Waals surface area (Å²) in [7, 11) is 0. The van der Waals surface area contributed by atoms with Crippen molar-refractivity contribution in [3.8, 4) is 6.07 Å². The fourth-order valence-corrected chi connectivity index (χ4v) is 4.33. The molecule has 2 fully saturated rings. The number of ether oxygens (including phenoxy) is 1. The zero-order valence-electron chi connectivity index (χ0n) is 15.0. The third kappa shape index (κ3) is 3.26. The molecule has 0 radical (unpaired) electrons. The molecule has 1 aromatic heterocycles. The van der Waals surface area contributed by atoms with E-state index in [2.05, 4.69) is 37.1 Å². The van der Waals surface area contributed by atoms with Crippen LogP contribution in [0.4, 0.5) is 5.82 Å². The van der Waals surface area contributed by atoms with Crippen LogP contribution >= 0.6 is 0 Å². The largest absolute Gasteiger partial charge is 0.383 e. The number of anilines is 1. The highest BCUT2D eigenvalue weighted by Gasteiger charge is 2.33. The maximum absolute atomic E-state index is 9.63. The van der Waals surface area contributed by atoms with E-state index >= 15 is 0 Å². The van der Waals surface area contributed by atoms with Crippen LogP contribution in [0.25, 0.3) is 0 Å². The van der Waals surface area contributed by atoms with Gasteiger partial charge in [-0.15, -0.1) is 0 Å². The lowest BCUT2D eigenvalue weighted by Crippen LogP contribution is -2.34. The summed E-state index contributed by atoms with van der Waals surface area (Å²) in [4.78, 5) is 4.67. The second-order valence-corrected chi connectivity index (χ2v) is 7.73. The van der Waals surface area contributed by atoms with Crippen LogP contribution in [-0.2, 0) is 4.74 Å². The van der Waals surface area contributed by atoms with Crippen LogP contribution < -0.4 is 11.1 Å². The van der Waals surface area contributed by atoms with Crippen molar-refractivity contribution in [1.82, 2.24) is 10.3 Å². The van der Waals surface area contributed by atoms with Gasteiger partial charge in [-0.25, -0.2) is 4.98 Å². The number of aromatic nitrogens is 1. The molecule has 2 saturated heterocycles. The Hall–Kier alpha value is -1.64. The van der Waals surface area contributed by atoms with Crippen molar-refractivity contribution >= 4 is 5.82 Å². The third-order valence-electron chi connectivity index (χ3n) is 5.50. The first-order chi connectivity index (χ1) is 11.4. The molecule has 2 aliphatic rings. The molecule has 0 unspecified atom stereocenters. The molecule has 1 atom stereocenters. The number of piperidine rings is 1. The lowest BCUT2D eigenvalue weighted by Gasteiger charge is -2.36. The van der Waals surface area contributed by atoms with Gasteiger partial charge in [0.25, 0.3) is 0 Å². The van der Waals surface area contributed by atoms with E-state index in [0.717, 1.165) is 56.6 Å². The number of nitrogens with one attached hydrogen (secondary N) is 1. The van der Waals surface area contributed by atoms with E-state index in [9.17, 15) is 5.26 Å². The van der Waals surface area contributed by atoms with Crippen LogP contribution in [0, 0.1) is 18.3 Å². The van der Waals surface area contributed by atoms with Crippen molar-refractivity contribution in [2.24, 2.45) is 0 Å². The smallest absolute Gasteiger partial charge is 0.141 e. The second kappa shape index (κ2) is 6.70. The van der Waals surface area contributed by atoms with Crippen LogP contribution in [0.15, 0.2) is 0 Å². The quantitative estimate of drug-likeness (QED) is 0.872. The maximum Gasteiger partial charge on any atom is 0.141 e. The molecule has 1 aromatic rings. The Labute approximate surface area is 144 Å². The summed E-state index contributed by atoms with van der Waals surface area (Å²) in [5.74, 6) is 1.15. The molecule has 3 rings (SSSR count). The van der Waals surface area contributed by atoms with Gasteiger partial charge in [0.1, 0.15) is 11.9 Å². The Morgan fingerprint density at radius 2 is 1.96 bits per heavy atom. The molecule has 24 heavy (non-hydrogen) atoms. The van der Waals surface area contributed by atoms with E-state index in [1.165, 1.54) is 5.56 Å². The minimum Gasteiger partial charge on any atom is -0.383 e. The number of hydrogen-bond donors (Lipinski definition) is 2. The van der Waals surface area contributed by atoms with E-state index < -0.39 is 0 Å². The SMILES string of the molecule is Cc1c([C@@H]2CCOC(C)(C)C2)nc(N)c(C#N)c1C1CCNCC1. The molecule has 0 aliphatic carbocycles. The average Bonchev–Trinajstić information content (AvgIpc) is 2.56. The van der Waals surface area contributed by atoms with Gasteiger partial charge in [-0.3, -0.25) is 0 Å². The summed E-state index contributed by atoms with van der Waals surface area (Å²) >= 11 is 0.